The molecule has 0 saturated carbocycles. The Morgan fingerprint density at radius 3 is 1.96 bits per heavy atom. The molecule has 51 heavy (non-hydrogen) atoms. The lowest BCUT2D eigenvalue weighted by Crippen LogP contribution is -2.29. The predicted molar refractivity (Wildman–Crippen MR) is 226 cm³/mol. The number of unbranched alkanes of at least 4 members (excludes halogenated alkanes) is 1. The third kappa shape index (κ3) is 9.19. The molecule has 0 atom stereocenters. The van der Waals surface area contributed by atoms with Gasteiger partial charge in [0.1, 0.15) is 22.8 Å². The van der Waals surface area contributed by atoms with Crippen LogP contribution in [0.15, 0.2) is 51.1 Å². The number of aryl methyl sites for hydroxylation is 1. The van der Waals surface area contributed by atoms with Crippen LogP contribution < -0.4 is 0 Å². The summed E-state index contributed by atoms with van der Waals surface area (Å²) in [5.41, 5.74) is 19.5. The summed E-state index contributed by atoms with van der Waals surface area (Å²) in [7, 11) is -3.22. The van der Waals surface area contributed by atoms with Crippen LogP contribution in [0.1, 0.15) is 122 Å². The number of nitrogens with zero attached hydrogens (tertiary/aromatic N) is 2. The maximum absolute atomic E-state index is 5.74. The second kappa shape index (κ2) is 17.2. The van der Waals surface area contributed by atoms with E-state index in [4.69, 9.17) is 9.73 Å². The first-order valence-corrected chi connectivity index (χ1v) is 24.6. The maximum atomic E-state index is 5.74. The van der Waals surface area contributed by atoms with Crippen LogP contribution in [0, 0.1) is 48.6 Å². The molecule has 270 valence electrons. The third-order valence-corrected chi connectivity index (χ3v) is 20.8. The van der Waals surface area contributed by atoms with Crippen LogP contribution in [0.25, 0.3) is 5.57 Å². The van der Waals surface area contributed by atoms with E-state index < -0.39 is 16.1 Å². The zero-order valence-electron chi connectivity index (χ0n) is 33.7. The Morgan fingerprint density at radius 2 is 1.41 bits per heavy atom. The Labute approximate surface area is 312 Å². The van der Waals surface area contributed by atoms with Crippen molar-refractivity contribution < 1.29 is 4.74 Å². The molecule has 0 saturated heterocycles. The molecular weight excluding hydrogens is 655 g/mol. The van der Waals surface area contributed by atoms with Gasteiger partial charge in [0.15, 0.2) is 5.90 Å². The van der Waals surface area contributed by atoms with Crippen LogP contribution >= 0.6 is 0 Å². The van der Waals surface area contributed by atoms with Gasteiger partial charge in [0.25, 0.3) is 0 Å². The van der Waals surface area contributed by atoms with E-state index >= 15 is 0 Å². The van der Waals surface area contributed by atoms with Gasteiger partial charge in [-0.25, -0.2) is 4.99 Å². The number of aliphatic imine (C=N–C) groups is 2. The zero-order valence-corrected chi connectivity index (χ0v) is 35.7. The molecule has 0 fully saturated rings. The van der Waals surface area contributed by atoms with Crippen LogP contribution in [-0.4, -0.2) is 44.9 Å². The Morgan fingerprint density at radius 1 is 0.824 bits per heavy atom. The van der Waals surface area contributed by atoms with Gasteiger partial charge in [0.2, 0.25) is 0 Å². The fraction of sp³-hybridized carbons (Fsp3) is 0.511. The Balaban J connectivity index is 1.78. The number of aromatic nitrogens is 1. The Bertz CT molecular complexity index is 1890. The highest BCUT2D eigenvalue weighted by Gasteiger charge is 2.29. The SMILES string of the molecule is CC[Si](C#CC1=C(C)/C(=C(\c2ccc(C#CCCCC3=NC(C)(C)CO3)cc2)c2[nH]c(C)c(C#C[Si](CC)(CC)CC)c2C)N=C1C)(CC)CC. The Hall–Kier alpha value is -3.77. The first-order chi connectivity index (χ1) is 24.3. The van der Waals surface area contributed by atoms with E-state index in [0.717, 1.165) is 81.4 Å². The summed E-state index contributed by atoms with van der Waals surface area (Å²) in [5.74, 6) is 15.0. The highest BCUT2D eigenvalue weighted by atomic mass is 28.3. The molecule has 2 aliphatic heterocycles. The van der Waals surface area contributed by atoms with Crippen molar-refractivity contribution in [3.63, 3.8) is 0 Å². The van der Waals surface area contributed by atoms with Crippen LogP contribution in [-0.2, 0) is 4.74 Å². The van der Waals surface area contributed by atoms with Crippen molar-refractivity contribution in [1.82, 2.24) is 4.98 Å². The molecule has 0 amide bonds. The average molecular weight is 716 g/mol. The monoisotopic (exact) mass is 715 g/mol. The highest BCUT2D eigenvalue weighted by molar-refractivity contribution is 6.87. The first-order valence-electron chi connectivity index (χ1n) is 19.4. The average Bonchev–Trinajstić information content (AvgIpc) is 3.73. The van der Waals surface area contributed by atoms with E-state index in [1.165, 1.54) is 41.8 Å². The maximum Gasteiger partial charge on any atom is 0.183 e. The van der Waals surface area contributed by atoms with Gasteiger partial charge in [-0.1, -0.05) is 77.4 Å². The lowest BCUT2D eigenvalue weighted by Gasteiger charge is -2.20. The molecule has 0 radical (unpaired) electrons. The minimum absolute atomic E-state index is 0.103. The van der Waals surface area contributed by atoms with Crippen molar-refractivity contribution in [1.29, 1.82) is 0 Å². The van der Waals surface area contributed by atoms with Crippen molar-refractivity contribution in [3.8, 4) is 34.8 Å². The van der Waals surface area contributed by atoms with E-state index in [1.54, 1.807) is 0 Å². The van der Waals surface area contributed by atoms with Gasteiger partial charge < -0.3 is 9.72 Å². The zero-order chi connectivity index (χ0) is 37.4. The van der Waals surface area contributed by atoms with Crippen LogP contribution in [0.3, 0.4) is 0 Å². The normalized spacial score (nSPS) is 16.3. The molecule has 3 heterocycles. The van der Waals surface area contributed by atoms with Gasteiger partial charge in [-0.15, -0.1) is 11.1 Å². The van der Waals surface area contributed by atoms with Crippen molar-refractivity contribution in [2.75, 3.05) is 6.61 Å². The summed E-state index contributed by atoms with van der Waals surface area (Å²) in [4.78, 5) is 13.7. The van der Waals surface area contributed by atoms with E-state index in [0.29, 0.717) is 6.61 Å². The van der Waals surface area contributed by atoms with Crippen molar-refractivity contribution in [2.45, 2.75) is 144 Å². The van der Waals surface area contributed by atoms with Crippen LogP contribution in [0.5, 0.6) is 0 Å². The minimum atomic E-state index is -1.61. The van der Waals surface area contributed by atoms with Gasteiger partial charge in [0.05, 0.1) is 28.2 Å². The number of allylic oxidation sites excluding steroid dienone is 2. The summed E-state index contributed by atoms with van der Waals surface area (Å²) in [6.45, 7) is 27.5. The second-order valence-electron chi connectivity index (χ2n) is 15.1. The van der Waals surface area contributed by atoms with Crippen LogP contribution in [0.2, 0.25) is 36.3 Å². The van der Waals surface area contributed by atoms with Gasteiger partial charge >= 0.3 is 0 Å². The highest BCUT2D eigenvalue weighted by Crippen LogP contribution is 2.38. The molecule has 6 heteroatoms. The van der Waals surface area contributed by atoms with E-state index in [2.05, 4.69) is 152 Å². The summed E-state index contributed by atoms with van der Waals surface area (Å²) in [6.07, 6.45) is 2.59. The summed E-state index contributed by atoms with van der Waals surface area (Å²) in [6, 6.07) is 15.8. The number of hydrogen-bond acceptors (Lipinski definition) is 3. The molecule has 1 aromatic heterocycles. The van der Waals surface area contributed by atoms with Gasteiger partial charge in [-0.3, -0.25) is 4.99 Å². The molecule has 0 aliphatic carbocycles. The second-order valence-corrected chi connectivity index (χ2v) is 24.9. The third-order valence-electron chi connectivity index (χ3n) is 11.4. The molecule has 4 nitrogen and oxygen atoms in total. The number of rotatable bonds is 11. The number of ether oxygens (including phenoxy) is 1. The Kier molecular flexibility index (Phi) is 13.5. The molecule has 1 aromatic carbocycles. The molecule has 0 unspecified atom stereocenters. The predicted octanol–water partition coefficient (Wildman–Crippen LogP) is 11.4. The van der Waals surface area contributed by atoms with Crippen molar-refractivity contribution in [3.05, 3.63) is 74.8 Å². The quantitative estimate of drug-likeness (QED) is 0.141. The minimum Gasteiger partial charge on any atom is -0.478 e. The van der Waals surface area contributed by atoms with Gasteiger partial charge in [0, 0.05) is 35.2 Å². The van der Waals surface area contributed by atoms with Gasteiger partial charge in [-0.2, -0.15) is 0 Å². The summed E-state index contributed by atoms with van der Waals surface area (Å²) in [5, 5.41) is 0. The number of aromatic amines is 1. The standard InChI is InChI=1S/C45H61N3OSi2/c1-13-50(14-2,15-3)30-28-39-33(7)43(46-35(39)9)42(44-34(8)40(36(10)47-44)29-31-51(16-4,17-5)18-6)38-26-24-37(25-27-38)22-20-19-21-23-41-48-45(11,12)32-49-41/h24-27,46H,13-19,21,23,32H2,1-12H3/b44-42-. The number of hydrogen-bond donors (Lipinski definition) is 1. The number of nitrogens with one attached hydrogen (secondary N) is 1. The lowest BCUT2D eigenvalue weighted by atomic mass is 9.93. The molecule has 1 N–H and O–H groups in total. The van der Waals surface area contributed by atoms with E-state index in [9.17, 15) is 0 Å². The molecule has 4 rings (SSSR count). The molecule has 2 aromatic rings. The topological polar surface area (TPSA) is 49.7 Å². The fourth-order valence-electron chi connectivity index (χ4n) is 7.14. The van der Waals surface area contributed by atoms with Crippen molar-refractivity contribution >= 4 is 33.3 Å². The van der Waals surface area contributed by atoms with Gasteiger partial charge in [-0.05, 0) is 113 Å². The molecule has 2 aliphatic rings. The van der Waals surface area contributed by atoms with Crippen LogP contribution in [0.4, 0.5) is 0 Å². The number of H-pyrrole nitrogens is 1. The summed E-state index contributed by atoms with van der Waals surface area (Å²) < 4.78 is 5.74. The molecule has 0 bridgehead atoms. The first kappa shape index (κ1) is 40.0. The van der Waals surface area contributed by atoms with Crippen molar-refractivity contribution in [2.24, 2.45) is 9.98 Å². The largest absolute Gasteiger partial charge is 0.478 e. The smallest absolute Gasteiger partial charge is 0.183 e. The fourth-order valence-corrected chi connectivity index (χ4v) is 12.0. The lowest BCUT2D eigenvalue weighted by molar-refractivity contribution is 0.273. The number of benzene rings is 1. The summed E-state index contributed by atoms with van der Waals surface area (Å²) >= 11 is 0. The van der Waals surface area contributed by atoms with E-state index in [1.807, 2.05) is 0 Å². The van der Waals surface area contributed by atoms with E-state index in [-0.39, 0.29) is 5.54 Å². The molecule has 0 spiro atoms. The molecular formula is C45H61N3OSi2.